The smallest absolute Gasteiger partial charge is 0.225 e. The van der Waals surface area contributed by atoms with E-state index < -0.39 is 0 Å². The Labute approximate surface area is 165 Å². The van der Waals surface area contributed by atoms with Crippen molar-refractivity contribution in [1.29, 1.82) is 0 Å². The van der Waals surface area contributed by atoms with E-state index >= 15 is 0 Å². The van der Waals surface area contributed by atoms with Gasteiger partial charge in [-0.3, -0.25) is 9.59 Å². The first-order chi connectivity index (χ1) is 13.6. The van der Waals surface area contributed by atoms with Crippen LogP contribution in [0.4, 0.5) is 0 Å². The molecule has 0 spiro atoms. The second kappa shape index (κ2) is 7.85. The number of carbonyl (C=O) groups excluding carboxylic acids is 2. The lowest BCUT2D eigenvalue weighted by Crippen LogP contribution is -2.39. The molecule has 2 aliphatic heterocycles. The molecule has 4 heteroatoms. The van der Waals surface area contributed by atoms with Gasteiger partial charge in [-0.1, -0.05) is 60.7 Å². The predicted octanol–water partition coefficient (Wildman–Crippen LogP) is 4.27. The van der Waals surface area contributed by atoms with Crippen LogP contribution in [-0.4, -0.2) is 34.7 Å². The van der Waals surface area contributed by atoms with Gasteiger partial charge in [-0.2, -0.15) is 0 Å². The summed E-state index contributed by atoms with van der Waals surface area (Å²) in [5.41, 5.74) is 4.62. The lowest BCUT2D eigenvalue weighted by Gasteiger charge is -2.34. The maximum absolute atomic E-state index is 13.0. The monoisotopic (exact) mass is 372 g/mol. The Balaban J connectivity index is 1.49. The third-order valence-corrected chi connectivity index (χ3v) is 5.54. The second-order valence-electron chi connectivity index (χ2n) is 7.28. The highest BCUT2D eigenvalue weighted by atomic mass is 16.2. The van der Waals surface area contributed by atoms with Crippen molar-refractivity contribution in [2.45, 2.75) is 25.8 Å². The van der Waals surface area contributed by atoms with E-state index in [9.17, 15) is 9.59 Å². The Bertz CT molecular complexity index is 946. The molecule has 2 aromatic rings. The molecule has 2 amide bonds. The maximum Gasteiger partial charge on any atom is 0.225 e. The molecular weight excluding hydrogens is 348 g/mol. The molecular formula is C24H24N2O2. The second-order valence-corrected chi connectivity index (χ2v) is 7.28. The van der Waals surface area contributed by atoms with Gasteiger partial charge in [0.25, 0.3) is 0 Å². The van der Waals surface area contributed by atoms with Crippen LogP contribution in [0.5, 0.6) is 0 Å². The van der Waals surface area contributed by atoms with Gasteiger partial charge in [-0.25, -0.2) is 0 Å². The van der Waals surface area contributed by atoms with Crippen LogP contribution in [0.2, 0.25) is 0 Å². The number of hydrogen-bond acceptors (Lipinski definition) is 2. The third-order valence-electron chi connectivity index (χ3n) is 5.54. The van der Waals surface area contributed by atoms with Crippen molar-refractivity contribution in [1.82, 2.24) is 9.80 Å². The molecule has 0 fully saturated rings. The molecule has 2 aliphatic rings. The number of rotatable bonds is 3. The first-order valence-electron chi connectivity index (χ1n) is 9.72. The number of benzene rings is 2. The fourth-order valence-electron chi connectivity index (χ4n) is 4.02. The van der Waals surface area contributed by atoms with Crippen LogP contribution in [0, 0.1) is 0 Å². The first kappa shape index (κ1) is 18.2. The largest absolute Gasteiger partial charge is 0.339 e. The minimum atomic E-state index is -0.245. The molecule has 2 heterocycles. The average molecular weight is 372 g/mol. The Morgan fingerprint density at radius 1 is 1.04 bits per heavy atom. The van der Waals surface area contributed by atoms with Gasteiger partial charge in [-0.05, 0) is 34.8 Å². The Morgan fingerprint density at radius 3 is 2.50 bits per heavy atom. The van der Waals surface area contributed by atoms with E-state index in [0.717, 1.165) is 17.5 Å². The third kappa shape index (κ3) is 3.63. The fraction of sp³-hybridized carbons (Fsp3) is 0.250. The maximum atomic E-state index is 13.0. The number of carbonyl (C=O) groups is 2. The van der Waals surface area contributed by atoms with E-state index in [1.807, 2.05) is 53.4 Å². The average Bonchev–Trinajstić information content (AvgIpc) is 2.74. The van der Waals surface area contributed by atoms with Crippen LogP contribution < -0.4 is 0 Å². The van der Waals surface area contributed by atoms with Gasteiger partial charge in [0.05, 0.1) is 12.5 Å². The molecule has 0 radical (unpaired) electrons. The molecule has 0 bridgehead atoms. The van der Waals surface area contributed by atoms with Crippen molar-refractivity contribution in [3.63, 3.8) is 0 Å². The fourth-order valence-corrected chi connectivity index (χ4v) is 4.02. The van der Waals surface area contributed by atoms with Crippen LogP contribution in [0.25, 0.3) is 11.6 Å². The Kier molecular flexibility index (Phi) is 5.11. The van der Waals surface area contributed by atoms with Crippen molar-refractivity contribution >= 4 is 23.5 Å². The highest BCUT2D eigenvalue weighted by molar-refractivity contribution is 5.82. The summed E-state index contributed by atoms with van der Waals surface area (Å²) in [5, 5.41) is 0. The summed E-state index contributed by atoms with van der Waals surface area (Å²) < 4.78 is 0. The van der Waals surface area contributed by atoms with Gasteiger partial charge in [-0.15, -0.1) is 0 Å². The van der Waals surface area contributed by atoms with Gasteiger partial charge < -0.3 is 9.80 Å². The number of fused-ring (bicyclic) bond motifs is 1. The zero-order chi connectivity index (χ0) is 19.5. The summed E-state index contributed by atoms with van der Waals surface area (Å²) in [4.78, 5) is 28.7. The molecule has 1 atom stereocenters. The Hall–Kier alpha value is -3.14. The minimum absolute atomic E-state index is 0.0477. The Morgan fingerprint density at radius 2 is 1.79 bits per heavy atom. The zero-order valence-corrected chi connectivity index (χ0v) is 16.0. The highest BCUT2D eigenvalue weighted by Gasteiger charge is 2.30. The van der Waals surface area contributed by atoms with E-state index in [-0.39, 0.29) is 17.9 Å². The van der Waals surface area contributed by atoms with Crippen LogP contribution in [0.3, 0.4) is 0 Å². The molecule has 2 aromatic carbocycles. The van der Waals surface area contributed by atoms with Crippen LogP contribution in [-0.2, 0) is 9.59 Å². The van der Waals surface area contributed by atoms with E-state index in [1.54, 1.807) is 18.0 Å². The van der Waals surface area contributed by atoms with Crippen molar-refractivity contribution < 1.29 is 9.59 Å². The normalized spacial score (nSPS) is 18.5. The van der Waals surface area contributed by atoms with Gasteiger partial charge in [0.1, 0.15) is 0 Å². The molecule has 0 aliphatic carbocycles. The van der Waals surface area contributed by atoms with E-state index in [1.165, 1.54) is 11.1 Å². The van der Waals surface area contributed by atoms with Crippen molar-refractivity contribution in [3.8, 4) is 0 Å². The molecule has 0 aromatic heterocycles. The molecule has 0 N–H and O–H groups in total. The van der Waals surface area contributed by atoms with Crippen molar-refractivity contribution in [2.75, 3.05) is 13.1 Å². The molecule has 4 nitrogen and oxygen atoms in total. The number of nitrogens with zero attached hydrogens (tertiary/aromatic N) is 2. The number of amides is 2. The van der Waals surface area contributed by atoms with Crippen LogP contribution >= 0.6 is 0 Å². The minimum Gasteiger partial charge on any atom is -0.339 e. The zero-order valence-electron chi connectivity index (χ0n) is 16.0. The molecule has 1 unspecified atom stereocenters. The summed E-state index contributed by atoms with van der Waals surface area (Å²) in [6.07, 6.45) is 7.04. The lowest BCUT2D eigenvalue weighted by molar-refractivity contribution is -0.134. The van der Waals surface area contributed by atoms with Gasteiger partial charge in [0.15, 0.2) is 0 Å². The predicted molar refractivity (Wildman–Crippen MR) is 111 cm³/mol. The summed E-state index contributed by atoms with van der Waals surface area (Å²) in [7, 11) is 0. The van der Waals surface area contributed by atoms with Crippen LogP contribution in [0.15, 0.2) is 66.9 Å². The molecule has 142 valence electrons. The van der Waals surface area contributed by atoms with E-state index in [2.05, 4.69) is 18.2 Å². The summed E-state index contributed by atoms with van der Waals surface area (Å²) in [5.74, 6) is 0.0400. The molecule has 28 heavy (non-hydrogen) atoms. The summed E-state index contributed by atoms with van der Waals surface area (Å²) in [6, 6.07) is 18.0. The van der Waals surface area contributed by atoms with E-state index in [0.29, 0.717) is 19.5 Å². The standard InChI is InChI=1S/C24H24N2O2/c1-18(27)26-16-13-21-9-5-6-10-22(21)23(26)17-24(28)25-14-11-20(12-15-25)19-7-3-2-4-8-19/h2-11,13,16,23H,12,14-15,17H2,1H3. The highest BCUT2D eigenvalue weighted by Crippen LogP contribution is 2.33. The van der Waals surface area contributed by atoms with Gasteiger partial charge in [0, 0.05) is 26.2 Å². The molecule has 4 rings (SSSR count). The quantitative estimate of drug-likeness (QED) is 0.807. The topological polar surface area (TPSA) is 40.6 Å². The first-order valence-corrected chi connectivity index (χ1v) is 9.72. The molecule has 0 saturated heterocycles. The van der Waals surface area contributed by atoms with Gasteiger partial charge in [0.2, 0.25) is 11.8 Å². The van der Waals surface area contributed by atoms with Crippen molar-refractivity contribution in [2.24, 2.45) is 0 Å². The summed E-state index contributed by atoms with van der Waals surface area (Å²) >= 11 is 0. The summed E-state index contributed by atoms with van der Waals surface area (Å²) in [6.45, 7) is 2.88. The van der Waals surface area contributed by atoms with Crippen molar-refractivity contribution in [3.05, 3.63) is 83.6 Å². The van der Waals surface area contributed by atoms with Gasteiger partial charge >= 0.3 is 0 Å². The number of hydrogen-bond donors (Lipinski definition) is 0. The van der Waals surface area contributed by atoms with E-state index in [4.69, 9.17) is 0 Å². The lowest BCUT2D eigenvalue weighted by atomic mass is 9.93. The SMILES string of the molecule is CC(=O)N1C=Cc2ccccc2C1CC(=O)N1CC=C(c2ccccc2)CC1. The molecule has 0 saturated carbocycles. The van der Waals surface area contributed by atoms with Crippen LogP contribution in [0.1, 0.15) is 42.5 Å².